The van der Waals surface area contributed by atoms with E-state index in [1.165, 1.54) is 5.56 Å². The van der Waals surface area contributed by atoms with Gasteiger partial charge in [0.15, 0.2) is 0 Å². The van der Waals surface area contributed by atoms with Gasteiger partial charge in [-0.25, -0.2) is 0 Å². The second-order valence-corrected chi connectivity index (χ2v) is 2.61. The molecule has 0 amide bonds. The third-order valence-corrected chi connectivity index (χ3v) is 1.86. The molecule has 0 saturated carbocycles. The van der Waals surface area contributed by atoms with Crippen molar-refractivity contribution < 1.29 is 0 Å². The van der Waals surface area contributed by atoms with Crippen LogP contribution in [0.1, 0.15) is 11.6 Å². The molecule has 0 fully saturated rings. The van der Waals surface area contributed by atoms with E-state index < -0.39 is 0 Å². The Morgan fingerprint density at radius 3 is 2.70 bits per heavy atom. The molecule has 2 bridgehead atoms. The fourth-order valence-electron chi connectivity index (χ4n) is 1.19. The molecule has 1 aromatic carbocycles. The highest BCUT2D eigenvalue weighted by molar-refractivity contribution is 5.48. The molecule has 2 aliphatic rings. The fraction of sp³-hybridized carbons (Fsp3) is 0.250. The Kier molecular flexibility index (Phi) is 1.14. The second-order valence-electron chi connectivity index (χ2n) is 2.61. The van der Waals surface area contributed by atoms with Crippen molar-refractivity contribution in [2.24, 2.45) is 5.73 Å². The van der Waals surface area contributed by atoms with Gasteiger partial charge in [-0.15, -0.1) is 0 Å². The predicted octanol–water partition coefficient (Wildman–Crippen LogP) is 1.11. The van der Waals surface area contributed by atoms with Crippen LogP contribution in [-0.4, -0.2) is 6.54 Å². The van der Waals surface area contributed by atoms with Crippen molar-refractivity contribution in [3.63, 3.8) is 0 Å². The van der Waals surface area contributed by atoms with Gasteiger partial charge in [-0.2, -0.15) is 0 Å². The van der Waals surface area contributed by atoms with Gasteiger partial charge in [0.25, 0.3) is 0 Å². The molecule has 2 aliphatic heterocycles. The minimum Gasteiger partial charge on any atom is -0.383 e. The monoisotopic (exact) mass is 134 g/mol. The number of fused-ring (bicyclic) bond motifs is 4. The van der Waals surface area contributed by atoms with E-state index in [0.717, 1.165) is 12.2 Å². The molecule has 0 aliphatic carbocycles. The Labute approximate surface area is 60.0 Å². The van der Waals surface area contributed by atoms with E-state index in [-0.39, 0.29) is 6.04 Å². The van der Waals surface area contributed by atoms with E-state index in [1.54, 1.807) is 0 Å². The van der Waals surface area contributed by atoms with Crippen LogP contribution in [0.5, 0.6) is 0 Å². The van der Waals surface area contributed by atoms with Crippen LogP contribution in [0.25, 0.3) is 0 Å². The summed E-state index contributed by atoms with van der Waals surface area (Å²) < 4.78 is 0. The van der Waals surface area contributed by atoms with Crippen molar-refractivity contribution in [1.82, 2.24) is 0 Å². The number of rotatable bonds is 0. The zero-order chi connectivity index (χ0) is 6.97. The van der Waals surface area contributed by atoms with Gasteiger partial charge in [-0.05, 0) is 17.7 Å². The minimum atomic E-state index is 0.160. The van der Waals surface area contributed by atoms with Gasteiger partial charge in [0.1, 0.15) is 0 Å². The van der Waals surface area contributed by atoms with Gasteiger partial charge in [-0.3, -0.25) is 0 Å². The van der Waals surface area contributed by atoms with Crippen LogP contribution in [-0.2, 0) is 0 Å². The normalized spacial score (nSPS) is 21.9. The van der Waals surface area contributed by atoms with Crippen LogP contribution in [0.15, 0.2) is 24.3 Å². The van der Waals surface area contributed by atoms with Crippen LogP contribution in [0, 0.1) is 0 Å². The summed E-state index contributed by atoms with van der Waals surface area (Å²) >= 11 is 0. The second kappa shape index (κ2) is 1.99. The predicted molar refractivity (Wildman–Crippen MR) is 41.9 cm³/mol. The van der Waals surface area contributed by atoms with Crippen LogP contribution < -0.4 is 11.1 Å². The highest BCUT2D eigenvalue weighted by atomic mass is 14.9. The van der Waals surface area contributed by atoms with Gasteiger partial charge in [0, 0.05) is 18.3 Å². The van der Waals surface area contributed by atoms with Crippen LogP contribution in [0.3, 0.4) is 0 Å². The summed E-state index contributed by atoms with van der Waals surface area (Å²) in [6, 6.07) is 8.41. The molecule has 0 radical (unpaired) electrons. The standard InChI is InChI=1S/C8H10N2/c9-8-5-10-7-3-1-6(8)2-4-7/h1-4,8,10H,5,9H2. The molecule has 0 saturated heterocycles. The average Bonchev–Trinajstić information content (AvgIpc) is 2.24. The Balaban J connectivity index is 2.49. The van der Waals surface area contributed by atoms with Crippen LogP contribution >= 0.6 is 0 Å². The lowest BCUT2D eigenvalue weighted by Gasteiger charge is -2.06. The van der Waals surface area contributed by atoms with E-state index in [9.17, 15) is 0 Å². The third kappa shape index (κ3) is 0.772. The first-order valence-electron chi connectivity index (χ1n) is 3.46. The van der Waals surface area contributed by atoms with E-state index in [4.69, 9.17) is 5.73 Å². The quantitative estimate of drug-likeness (QED) is 0.558. The lowest BCUT2D eigenvalue weighted by atomic mass is 10.1. The Bertz CT molecular complexity index is 228. The zero-order valence-corrected chi connectivity index (χ0v) is 5.67. The van der Waals surface area contributed by atoms with Gasteiger partial charge in [0.05, 0.1) is 0 Å². The van der Waals surface area contributed by atoms with Crippen LogP contribution in [0.4, 0.5) is 5.69 Å². The Morgan fingerprint density at radius 1 is 1.30 bits per heavy atom. The van der Waals surface area contributed by atoms with Crippen molar-refractivity contribution in [1.29, 1.82) is 0 Å². The summed E-state index contributed by atoms with van der Waals surface area (Å²) in [6.45, 7) is 0.852. The van der Waals surface area contributed by atoms with Crippen molar-refractivity contribution in [3.8, 4) is 0 Å². The molecule has 3 rings (SSSR count). The van der Waals surface area contributed by atoms with E-state index >= 15 is 0 Å². The molecule has 0 spiro atoms. The van der Waals surface area contributed by atoms with Crippen molar-refractivity contribution in [3.05, 3.63) is 29.8 Å². The zero-order valence-electron chi connectivity index (χ0n) is 5.67. The maximum absolute atomic E-state index is 5.80. The number of nitrogens with two attached hydrogens (primary N) is 1. The molecule has 0 aromatic heterocycles. The molecule has 1 atom stereocenters. The Morgan fingerprint density at radius 2 is 2.00 bits per heavy atom. The molecule has 10 heavy (non-hydrogen) atoms. The smallest absolute Gasteiger partial charge is 0.0470 e. The van der Waals surface area contributed by atoms with Crippen molar-refractivity contribution >= 4 is 5.69 Å². The topological polar surface area (TPSA) is 38.0 Å². The van der Waals surface area contributed by atoms with E-state index in [1.807, 2.05) is 0 Å². The summed E-state index contributed by atoms with van der Waals surface area (Å²) in [7, 11) is 0. The number of hydrogen-bond acceptors (Lipinski definition) is 2. The third-order valence-electron chi connectivity index (χ3n) is 1.86. The van der Waals surface area contributed by atoms with Crippen LogP contribution in [0.2, 0.25) is 0 Å². The number of anilines is 1. The highest BCUT2D eigenvalue weighted by Gasteiger charge is 2.08. The molecule has 2 heterocycles. The maximum atomic E-state index is 5.80. The first-order valence-corrected chi connectivity index (χ1v) is 3.46. The number of benzene rings is 1. The lowest BCUT2D eigenvalue weighted by molar-refractivity contribution is 0.774. The van der Waals surface area contributed by atoms with E-state index in [0.29, 0.717) is 0 Å². The number of nitrogens with one attached hydrogen (secondary N) is 1. The summed E-state index contributed by atoms with van der Waals surface area (Å²) in [6.07, 6.45) is 0. The number of hydrogen-bond donors (Lipinski definition) is 2. The lowest BCUT2D eigenvalue weighted by Crippen LogP contribution is -2.17. The van der Waals surface area contributed by atoms with Crippen molar-refractivity contribution in [2.75, 3.05) is 11.9 Å². The minimum absolute atomic E-state index is 0.160. The Hall–Kier alpha value is -1.02. The fourth-order valence-corrected chi connectivity index (χ4v) is 1.19. The summed E-state index contributed by atoms with van der Waals surface area (Å²) in [5.41, 5.74) is 8.18. The molecule has 1 unspecified atom stereocenters. The van der Waals surface area contributed by atoms with Gasteiger partial charge in [0.2, 0.25) is 0 Å². The summed E-state index contributed by atoms with van der Waals surface area (Å²) in [4.78, 5) is 0. The van der Waals surface area contributed by atoms with E-state index in [2.05, 4.69) is 29.6 Å². The SMILES string of the molecule is NC1CNc2ccc1cc2. The van der Waals surface area contributed by atoms with Gasteiger partial charge >= 0.3 is 0 Å². The summed E-state index contributed by atoms with van der Waals surface area (Å²) in [5, 5.41) is 3.22. The molecule has 2 nitrogen and oxygen atoms in total. The molecule has 3 N–H and O–H groups in total. The highest BCUT2D eigenvalue weighted by Crippen LogP contribution is 2.19. The average molecular weight is 134 g/mol. The summed E-state index contributed by atoms with van der Waals surface area (Å²) in [5.74, 6) is 0. The van der Waals surface area contributed by atoms with Gasteiger partial charge in [-0.1, -0.05) is 12.1 Å². The molecule has 1 aromatic rings. The largest absolute Gasteiger partial charge is 0.383 e. The molecule has 2 heteroatoms. The maximum Gasteiger partial charge on any atom is 0.0470 e. The molecular weight excluding hydrogens is 124 g/mol. The van der Waals surface area contributed by atoms with Crippen molar-refractivity contribution in [2.45, 2.75) is 6.04 Å². The first-order chi connectivity index (χ1) is 4.86. The van der Waals surface area contributed by atoms with Gasteiger partial charge < -0.3 is 11.1 Å². The first kappa shape index (κ1) is 5.74. The molecular formula is C8H10N2. The molecule has 52 valence electrons.